The van der Waals surface area contributed by atoms with E-state index >= 15 is 0 Å². The molecule has 0 radical (unpaired) electrons. The second kappa shape index (κ2) is 10.1. The molecule has 1 fully saturated rings. The van der Waals surface area contributed by atoms with Crippen LogP contribution >= 0.6 is 34.4 Å². The first-order valence-electron chi connectivity index (χ1n) is 9.13. The highest BCUT2D eigenvalue weighted by molar-refractivity contribution is 14.1. The van der Waals surface area contributed by atoms with E-state index in [2.05, 4.69) is 29.2 Å². The lowest BCUT2D eigenvalue weighted by Crippen LogP contribution is -2.27. The molecule has 5 nitrogen and oxygen atoms in total. The van der Waals surface area contributed by atoms with Crippen LogP contribution in [-0.4, -0.2) is 29.2 Å². The molecule has 1 heterocycles. The van der Waals surface area contributed by atoms with E-state index in [4.69, 9.17) is 9.47 Å². The number of benzene rings is 2. The molecule has 0 unspecified atom stereocenters. The Bertz CT molecular complexity index is 1020. The Kier molecular flexibility index (Phi) is 7.54. The average Bonchev–Trinajstić information content (AvgIpc) is 2.96. The van der Waals surface area contributed by atoms with Gasteiger partial charge in [-0.2, -0.15) is 0 Å². The van der Waals surface area contributed by atoms with Gasteiger partial charge in [0.1, 0.15) is 12.4 Å². The van der Waals surface area contributed by atoms with Crippen molar-refractivity contribution >= 4 is 51.6 Å². The number of carbonyl (C=O) groups excluding carboxylic acids is 2. The summed E-state index contributed by atoms with van der Waals surface area (Å²) >= 11 is 3.00. The Morgan fingerprint density at radius 3 is 2.70 bits per heavy atom. The fourth-order valence-corrected chi connectivity index (χ4v) is 4.41. The van der Waals surface area contributed by atoms with Crippen LogP contribution in [0.5, 0.6) is 11.5 Å². The van der Waals surface area contributed by atoms with Crippen molar-refractivity contribution in [2.75, 3.05) is 13.2 Å². The van der Waals surface area contributed by atoms with Crippen LogP contribution < -0.4 is 9.47 Å². The molecule has 0 atom stereocenters. The SMILES string of the molecule is C=CCN1C(=O)S/C(=C/c2cc(I)c(OCc3ccccc3F)c(OCC)c2)C1=O. The molecule has 0 aliphatic carbocycles. The van der Waals surface area contributed by atoms with Crippen molar-refractivity contribution in [2.45, 2.75) is 13.5 Å². The zero-order valence-corrected chi connectivity index (χ0v) is 19.2. The third kappa shape index (κ3) is 5.04. The van der Waals surface area contributed by atoms with Crippen LogP contribution in [0.3, 0.4) is 0 Å². The van der Waals surface area contributed by atoms with Crippen molar-refractivity contribution in [1.29, 1.82) is 0 Å². The molecule has 2 aromatic rings. The first-order chi connectivity index (χ1) is 14.4. The molecule has 3 rings (SSSR count). The summed E-state index contributed by atoms with van der Waals surface area (Å²) in [5.74, 6) is 0.296. The van der Waals surface area contributed by atoms with Crippen molar-refractivity contribution in [3.63, 3.8) is 0 Å². The molecule has 1 aliphatic rings. The number of nitrogens with zero attached hydrogens (tertiary/aromatic N) is 1. The van der Waals surface area contributed by atoms with Crippen LogP contribution in [-0.2, 0) is 11.4 Å². The minimum absolute atomic E-state index is 0.0581. The lowest BCUT2D eigenvalue weighted by Gasteiger charge is -2.15. The number of ether oxygens (including phenoxy) is 2. The van der Waals surface area contributed by atoms with Gasteiger partial charge in [0.05, 0.1) is 15.1 Å². The van der Waals surface area contributed by atoms with Gasteiger partial charge < -0.3 is 9.47 Å². The van der Waals surface area contributed by atoms with Crippen molar-refractivity contribution in [3.8, 4) is 11.5 Å². The standard InChI is InChI=1S/C22H19FINO4S/c1-3-9-25-21(26)19(30-22(25)27)12-14-10-17(24)20(18(11-14)28-4-2)29-13-15-7-5-6-8-16(15)23/h3,5-8,10-12H,1,4,9,13H2,2H3/b19-12+. The van der Waals surface area contributed by atoms with E-state index in [1.165, 1.54) is 12.1 Å². The molecule has 0 saturated carbocycles. The predicted molar refractivity (Wildman–Crippen MR) is 124 cm³/mol. The number of hydrogen-bond donors (Lipinski definition) is 0. The number of rotatable bonds is 8. The number of halogens is 2. The second-order valence-corrected chi connectivity index (χ2v) is 8.38. The predicted octanol–water partition coefficient (Wildman–Crippen LogP) is 5.63. The minimum Gasteiger partial charge on any atom is -0.490 e. The van der Waals surface area contributed by atoms with Crippen LogP contribution in [0.2, 0.25) is 0 Å². The van der Waals surface area contributed by atoms with E-state index in [0.29, 0.717) is 34.1 Å². The van der Waals surface area contributed by atoms with E-state index in [9.17, 15) is 14.0 Å². The molecule has 2 aromatic carbocycles. The fraction of sp³-hybridized carbons (Fsp3) is 0.182. The van der Waals surface area contributed by atoms with Crippen LogP contribution in [0.4, 0.5) is 9.18 Å². The number of imide groups is 1. The van der Waals surface area contributed by atoms with Gasteiger partial charge in [0.2, 0.25) is 0 Å². The maximum absolute atomic E-state index is 13.9. The average molecular weight is 539 g/mol. The minimum atomic E-state index is -0.349. The zero-order chi connectivity index (χ0) is 21.7. The zero-order valence-electron chi connectivity index (χ0n) is 16.2. The number of thioether (sulfide) groups is 1. The smallest absolute Gasteiger partial charge is 0.293 e. The molecule has 30 heavy (non-hydrogen) atoms. The summed E-state index contributed by atoms with van der Waals surface area (Å²) < 4.78 is 26.2. The first kappa shape index (κ1) is 22.4. The Balaban J connectivity index is 1.88. The van der Waals surface area contributed by atoms with Crippen LogP contribution in [0.25, 0.3) is 6.08 Å². The van der Waals surface area contributed by atoms with Crippen molar-refractivity contribution in [3.05, 3.63) is 74.5 Å². The van der Waals surface area contributed by atoms with E-state index in [1.54, 1.807) is 30.3 Å². The topological polar surface area (TPSA) is 55.8 Å². The summed E-state index contributed by atoms with van der Waals surface area (Å²) in [4.78, 5) is 25.9. The summed E-state index contributed by atoms with van der Waals surface area (Å²) in [6.45, 7) is 6.06. The van der Waals surface area contributed by atoms with Gasteiger partial charge >= 0.3 is 0 Å². The van der Waals surface area contributed by atoms with Gasteiger partial charge in [0, 0.05) is 12.1 Å². The van der Waals surface area contributed by atoms with Crippen LogP contribution in [0.15, 0.2) is 54.0 Å². The number of hydrogen-bond acceptors (Lipinski definition) is 5. The first-order valence-corrected chi connectivity index (χ1v) is 11.0. The quantitative estimate of drug-likeness (QED) is 0.247. The summed E-state index contributed by atoms with van der Waals surface area (Å²) in [5, 5.41) is -0.323. The van der Waals surface area contributed by atoms with E-state index < -0.39 is 0 Å². The third-order valence-electron chi connectivity index (χ3n) is 4.14. The van der Waals surface area contributed by atoms with Crippen molar-refractivity contribution < 1.29 is 23.5 Å². The van der Waals surface area contributed by atoms with E-state index in [1.807, 2.05) is 13.0 Å². The molecule has 0 N–H and O–H groups in total. The van der Waals surface area contributed by atoms with Gasteiger partial charge in [-0.1, -0.05) is 24.3 Å². The molecule has 1 aliphatic heterocycles. The van der Waals surface area contributed by atoms with Gasteiger partial charge in [-0.15, -0.1) is 6.58 Å². The molecule has 1 saturated heterocycles. The summed E-state index contributed by atoms with van der Waals surface area (Å²) in [7, 11) is 0. The molecule has 0 bridgehead atoms. The number of amides is 2. The Morgan fingerprint density at radius 2 is 2.00 bits per heavy atom. The fourth-order valence-electron chi connectivity index (χ4n) is 2.78. The van der Waals surface area contributed by atoms with Gasteiger partial charge in [-0.25, -0.2) is 4.39 Å². The molecular formula is C22H19FINO4S. The van der Waals surface area contributed by atoms with Crippen molar-refractivity contribution in [1.82, 2.24) is 4.90 Å². The highest BCUT2D eigenvalue weighted by atomic mass is 127. The monoisotopic (exact) mass is 539 g/mol. The summed E-state index contributed by atoms with van der Waals surface area (Å²) in [5.41, 5.74) is 1.14. The molecule has 0 spiro atoms. The lowest BCUT2D eigenvalue weighted by molar-refractivity contribution is -0.122. The van der Waals surface area contributed by atoms with E-state index in [-0.39, 0.29) is 30.1 Å². The Morgan fingerprint density at radius 1 is 1.23 bits per heavy atom. The summed E-state index contributed by atoms with van der Waals surface area (Å²) in [6.07, 6.45) is 3.16. The van der Waals surface area contributed by atoms with Gasteiger partial charge in [0.15, 0.2) is 11.5 Å². The highest BCUT2D eigenvalue weighted by Crippen LogP contribution is 2.38. The highest BCUT2D eigenvalue weighted by Gasteiger charge is 2.34. The normalized spacial score (nSPS) is 15.0. The molecule has 156 valence electrons. The molecule has 2 amide bonds. The summed E-state index contributed by atoms with van der Waals surface area (Å²) in [6, 6.07) is 9.98. The molecule has 0 aromatic heterocycles. The molecule has 8 heteroatoms. The van der Waals surface area contributed by atoms with Crippen LogP contribution in [0, 0.1) is 9.39 Å². The molecular weight excluding hydrogens is 520 g/mol. The van der Waals surface area contributed by atoms with E-state index in [0.717, 1.165) is 20.2 Å². The van der Waals surface area contributed by atoms with Gasteiger partial charge in [0.25, 0.3) is 11.1 Å². The van der Waals surface area contributed by atoms with Gasteiger partial charge in [-0.05, 0) is 71.1 Å². The second-order valence-electron chi connectivity index (χ2n) is 6.22. The maximum Gasteiger partial charge on any atom is 0.293 e. The Hall–Kier alpha value is -2.33. The largest absolute Gasteiger partial charge is 0.490 e. The Labute approximate surface area is 192 Å². The lowest BCUT2D eigenvalue weighted by atomic mass is 10.1. The maximum atomic E-state index is 13.9. The number of carbonyl (C=O) groups is 2. The van der Waals surface area contributed by atoms with Gasteiger partial charge in [-0.3, -0.25) is 14.5 Å². The van der Waals surface area contributed by atoms with Crippen molar-refractivity contribution in [2.24, 2.45) is 0 Å². The third-order valence-corrected chi connectivity index (χ3v) is 5.85. The van der Waals surface area contributed by atoms with Crippen LogP contribution in [0.1, 0.15) is 18.1 Å².